The van der Waals surface area contributed by atoms with Crippen LogP contribution in [0.3, 0.4) is 0 Å². The standard InChI is InChI=1S/C13H19NO2/c1-9-7-10(2)13(16-3)11(8-9)12(15)5-4-6-14/h7-8H,4-6,14H2,1-3H3. The number of carbonyl (C=O) groups excluding carboxylic acids is 1. The Morgan fingerprint density at radius 1 is 1.38 bits per heavy atom. The van der Waals surface area contributed by atoms with Crippen LogP contribution >= 0.6 is 0 Å². The number of benzene rings is 1. The van der Waals surface area contributed by atoms with Crippen LogP contribution in [-0.2, 0) is 0 Å². The summed E-state index contributed by atoms with van der Waals surface area (Å²) >= 11 is 0. The number of Topliss-reactive ketones (excluding diaryl/α,β-unsaturated/α-hetero) is 1. The van der Waals surface area contributed by atoms with E-state index in [1.807, 2.05) is 26.0 Å². The molecule has 1 aromatic rings. The quantitative estimate of drug-likeness (QED) is 0.776. The molecule has 0 bridgehead atoms. The summed E-state index contributed by atoms with van der Waals surface area (Å²) in [5, 5.41) is 0. The van der Waals surface area contributed by atoms with Gasteiger partial charge in [-0.1, -0.05) is 6.07 Å². The average Bonchev–Trinajstić information content (AvgIpc) is 2.24. The third kappa shape index (κ3) is 2.83. The SMILES string of the molecule is COc1c(C)cc(C)cc1C(=O)CCCN. The normalized spacial score (nSPS) is 10.2. The summed E-state index contributed by atoms with van der Waals surface area (Å²) in [6, 6.07) is 3.89. The van der Waals surface area contributed by atoms with Gasteiger partial charge in [-0.25, -0.2) is 0 Å². The Morgan fingerprint density at radius 2 is 2.06 bits per heavy atom. The van der Waals surface area contributed by atoms with Crippen molar-refractivity contribution in [2.75, 3.05) is 13.7 Å². The third-order valence-electron chi connectivity index (χ3n) is 2.53. The van der Waals surface area contributed by atoms with Crippen molar-refractivity contribution in [1.82, 2.24) is 0 Å². The maximum Gasteiger partial charge on any atom is 0.166 e. The van der Waals surface area contributed by atoms with Crippen molar-refractivity contribution in [3.63, 3.8) is 0 Å². The number of nitrogens with two attached hydrogens (primary N) is 1. The Balaban J connectivity index is 3.05. The van der Waals surface area contributed by atoms with E-state index >= 15 is 0 Å². The number of ketones is 1. The molecule has 0 saturated heterocycles. The molecule has 1 aromatic carbocycles. The van der Waals surface area contributed by atoms with E-state index in [9.17, 15) is 4.79 Å². The van der Waals surface area contributed by atoms with E-state index in [0.717, 1.165) is 17.5 Å². The zero-order valence-electron chi connectivity index (χ0n) is 10.2. The lowest BCUT2D eigenvalue weighted by molar-refractivity contribution is 0.0977. The van der Waals surface area contributed by atoms with Crippen LogP contribution < -0.4 is 10.5 Å². The van der Waals surface area contributed by atoms with Crippen LogP contribution in [0.2, 0.25) is 0 Å². The minimum Gasteiger partial charge on any atom is -0.496 e. The van der Waals surface area contributed by atoms with E-state index in [1.54, 1.807) is 7.11 Å². The molecule has 0 aliphatic rings. The molecule has 0 spiro atoms. The van der Waals surface area contributed by atoms with Crippen LogP contribution in [0.1, 0.15) is 34.3 Å². The van der Waals surface area contributed by atoms with E-state index < -0.39 is 0 Å². The zero-order valence-corrected chi connectivity index (χ0v) is 10.2. The van der Waals surface area contributed by atoms with Gasteiger partial charge in [0, 0.05) is 6.42 Å². The van der Waals surface area contributed by atoms with Crippen LogP contribution in [-0.4, -0.2) is 19.4 Å². The van der Waals surface area contributed by atoms with E-state index in [1.165, 1.54) is 0 Å². The minimum atomic E-state index is 0.106. The smallest absolute Gasteiger partial charge is 0.166 e. The van der Waals surface area contributed by atoms with Gasteiger partial charge in [0.15, 0.2) is 5.78 Å². The van der Waals surface area contributed by atoms with Crippen molar-refractivity contribution in [3.05, 3.63) is 28.8 Å². The van der Waals surface area contributed by atoms with E-state index in [0.29, 0.717) is 24.3 Å². The van der Waals surface area contributed by atoms with E-state index in [2.05, 4.69) is 0 Å². The lowest BCUT2D eigenvalue weighted by atomic mass is 10.00. The van der Waals surface area contributed by atoms with Gasteiger partial charge in [0.1, 0.15) is 5.75 Å². The van der Waals surface area contributed by atoms with Gasteiger partial charge in [-0.15, -0.1) is 0 Å². The zero-order chi connectivity index (χ0) is 12.1. The molecule has 0 amide bonds. The van der Waals surface area contributed by atoms with Gasteiger partial charge in [-0.05, 0) is 44.0 Å². The topological polar surface area (TPSA) is 52.3 Å². The molecule has 0 heterocycles. The highest BCUT2D eigenvalue weighted by molar-refractivity contribution is 5.99. The van der Waals surface area contributed by atoms with Crippen LogP contribution in [0.25, 0.3) is 0 Å². The summed E-state index contributed by atoms with van der Waals surface area (Å²) in [5.74, 6) is 0.793. The molecule has 0 saturated carbocycles. The number of aryl methyl sites for hydroxylation is 2. The molecule has 0 aromatic heterocycles. The Hall–Kier alpha value is -1.35. The molecule has 1 rings (SSSR count). The molecule has 0 radical (unpaired) electrons. The molecule has 0 aliphatic carbocycles. The van der Waals surface area contributed by atoms with Crippen molar-refractivity contribution in [2.24, 2.45) is 5.73 Å². The first-order valence-electron chi connectivity index (χ1n) is 5.48. The van der Waals surface area contributed by atoms with Gasteiger partial charge in [0.2, 0.25) is 0 Å². The monoisotopic (exact) mass is 221 g/mol. The van der Waals surface area contributed by atoms with Crippen LogP contribution in [0, 0.1) is 13.8 Å². The van der Waals surface area contributed by atoms with Crippen LogP contribution in [0.15, 0.2) is 12.1 Å². The number of hydrogen-bond donors (Lipinski definition) is 1. The minimum absolute atomic E-state index is 0.106. The number of carbonyl (C=O) groups is 1. The molecule has 0 unspecified atom stereocenters. The summed E-state index contributed by atoms with van der Waals surface area (Å²) in [5.41, 5.74) is 8.15. The lowest BCUT2D eigenvalue weighted by Gasteiger charge is -2.11. The molecule has 3 heteroatoms. The Kier molecular flexibility index (Phi) is 4.50. The number of hydrogen-bond acceptors (Lipinski definition) is 3. The molecule has 2 N–H and O–H groups in total. The molecular weight excluding hydrogens is 202 g/mol. The first kappa shape index (κ1) is 12.7. The van der Waals surface area contributed by atoms with Crippen LogP contribution in [0.5, 0.6) is 5.75 Å². The highest BCUT2D eigenvalue weighted by Crippen LogP contribution is 2.26. The Labute approximate surface area is 96.6 Å². The lowest BCUT2D eigenvalue weighted by Crippen LogP contribution is -2.07. The molecule has 88 valence electrons. The first-order valence-corrected chi connectivity index (χ1v) is 5.48. The van der Waals surface area contributed by atoms with Crippen molar-refractivity contribution in [1.29, 1.82) is 0 Å². The molecule has 3 nitrogen and oxygen atoms in total. The molecular formula is C13H19NO2. The van der Waals surface area contributed by atoms with Gasteiger partial charge in [-0.2, -0.15) is 0 Å². The summed E-state index contributed by atoms with van der Waals surface area (Å²) < 4.78 is 5.28. The van der Waals surface area contributed by atoms with Gasteiger partial charge < -0.3 is 10.5 Å². The summed E-state index contributed by atoms with van der Waals surface area (Å²) in [6.45, 7) is 4.47. The first-order chi connectivity index (χ1) is 7.60. The highest BCUT2D eigenvalue weighted by atomic mass is 16.5. The number of rotatable bonds is 5. The predicted octanol–water partition coefficient (Wildman–Crippen LogP) is 2.23. The van der Waals surface area contributed by atoms with Crippen molar-refractivity contribution in [2.45, 2.75) is 26.7 Å². The summed E-state index contributed by atoms with van der Waals surface area (Å²) in [4.78, 5) is 12.0. The fourth-order valence-corrected chi connectivity index (χ4v) is 1.83. The van der Waals surface area contributed by atoms with Crippen molar-refractivity contribution >= 4 is 5.78 Å². The maximum atomic E-state index is 12.0. The van der Waals surface area contributed by atoms with Crippen LogP contribution in [0.4, 0.5) is 0 Å². The van der Waals surface area contributed by atoms with Crippen molar-refractivity contribution in [3.8, 4) is 5.75 Å². The highest BCUT2D eigenvalue weighted by Gasteiger charge is 2.14. The second-order valence-corrected chi connectivity index (χ2v) is 3.98. The van der Waals surface area contributed by atoms with Gasteiger partial charge in [0.25, 0.3) is 0 Å². The van der Waals surface area contributed by atoms with Gasteiger partial charge >= 0.3 is 0 Å². The van der Waals surface area contributed by atoms with E-state index in [4.69, 9.17) is 10.5 Å². The molecule has 0 aliphatic heterocycles. The van der Waals surface area contributed by atoms with Crippen molar-refractivity contribution < 1.29 is 9.53 Å². The second kappa shape index (κ2) is 5.66. The molecule has 0 fully saturated rings. The molecule has 16 heavy (non-hydrogen) atoms. The van der Waals surface area contributed by atoms with Gasteiger partial charge in [-0.3, -0.25) is 4.79 Å². The largest absolute Gasteiger partial charge is 0.496 e. The van der Waals surface area contributed by atoms with E-state index in [-0.39, 0.29) is 5.78 Å². The van der Waals surface area contributed by atoms with Gasteiger partial charge in [0.05, 0.1) is 12.7 Å². The third-order valence-corrected chi connectivity index (χ3v) is 2.53. The average molecular weight is 221 g/mol. The summed E-state index contributed by atoms with van der Waals surface area (Å²) in [7, 11) is 1.59. The predicted molar refractivity (Wildman–Crippen MR) is 65.1 cm³/mol. The molecule has 0 atom stereocenters. The Morgan fingerprint density at radius 3 is 2.62 bits per heavy atom. The second-order valence-electron chi connectivity index (χ2n) is 3.98. The Bertz CT molecular complexity index is 386. The summed E-state index contributed by atoms with van der Waals surface area (Å²) in [6.07, 6.45) is 1.20. The fraction of sp³-hybridized carbons (Fsp3) is 0.462. The fourth-order valence-electron chi connectivity index (χ4n) is 1.83. The number of methoxy groups -OCH3 is 1. The maximum absolute atomic E-state index is 12.0. The number of ether oxygens (including phenoxy) is 1.